The molecule has 0 saturated heterocycles. The number of benzene rings is 1. The van der Waals surface area contributed by atoms with Crippen LogP contribution >= 0.6 is 0 Å². The number of nitrogens with two attached hydrogens (primary N) is 1. The van der Waals surface area contributed by atoms with Crippen molar-refractivity contribution in [2.75, 3.05) is 12.3 Å². The van der Waals surface area contributed by atoms with Gasteiger partial charge in [-0.1, -0.05) is 12.1 Å². The molecule has 4 nitrogen and oxygen atoms in total. The number of hydrogen-bond donors (Lipinski definition) is 2. The van der Waals surface area contributed by atoms with Crippen LogP contribution in [-0.2, 0) is 0 Å². The number of nitriles is 1. The van der Waals surface area contributed by atoms with Gasteiger partial charge in [0.15, 0.2) is 0 Å². The molecule has 0 aliphatic carbocycles. The molecular weight excluding hydrogens is 190 g/mol. The van der Waals surface area contributed by atoms with Crippen molar-refractivity contribution in [3.63, 3.8) is 0 Å². The quantitative estimate of drug-likeness (QED) is 0.723. The van der Waals surface area contributed by atoms with Crippen LogP contribution in [0.1, 0.15) is 17.3 Å². The van der Waals surface area contributed by atoms with Crippen LogP contribution in [0.4, 0.5) is 5.69 Å². The average Bonchev–Trinajstić information content (AvgIpc) is 2.26. The van der Waals surface area contributed by atoms with Crippen molar-refractivity contribution in [3.8, 4) is 6.07 Å². The van der Waals surface area contributed by atoms with Gasteiger partial charge in [-0.15, -0.1) is 0 Å². The van der Waals surface area contributed by atoms with Crippen molar-refractivity contribution >= 4 is 11.6 Å². The molecule has 0 bridgehead atoms. The topological polar surface area (TPSA) is 78.9 Å². The summed E-state index contributed by atoms with van der Waals surface area (Å²) >= 11 is 0. The van der Waals surface area contributed by atoms with Gasteiger partial charge < -0.3 is 11.1 Å². The number of amides is 1. The molecule has 0 saturated carbocycles. The number of rotatable bonds is 3. The molecule has 78 valence electrons. The molecule has 1 aromatic carbocycles. The Morgan fingerprint density at radius 3 is 2.87 bits per heavy atom. The summed E-state index contributed by atoms with van der Waals surface area (Å²) in [5.41, 5.74) is 6.53. The van der Waals surface area contributed by atoms with Gasteiger partial charge in [0.2, 0.25) is 0 Å². The first kappa shape index (κ1) is 11.1. The monoisotopic (exact) mass is 203 g/mol. The summed E-state index contributed by atoms with van der Waals surface area (Å²) in [5.74, 6) is -0.436. The van der Waals surface area contributed by atoms with Crippen LogP contribution in [0.15, 0.2) is 24.3 Å². The molecular formula is C11H13N3O. The predicted octanol–water partition coefficient (Wildman–Crippen LogP) is 1.16. The largest absolute Gasteiger partial charge is 0.398 e. The fraction of sp³-hybridized carbons (Fsp3) is 0.273. The van der Waals surface area contributed by atoms with E-state index in [1.807, 2.05) is 6.07 Å². The molecule has 1 atom stereocenters. The first-order chi connectivity index (χ1) is 7.15. The summed E-state index contributed by atoms with van der Waals surface area (Å²) in [6, 6.07) is 8.88. The van der Waals surface area contributed by atoms with Crippen LogP contribution < -0.4 is 11.1 Å². The molecule has 15 heavy (non-hydrogen) atoms. The zero-order chi connectivity index (χ0) is 11.3. The van der Waals surface area contributed by atoms with E-state index in [1.54, 1.807) is 31.2 Å². The molecule has 0 spiro atoms. The highest BCUT2D eigenvalue weighted by Gasteiger charge is 2.09. The minimum absolute atomic E-state index is 0.195. The number of nitrogen functional groups attached to an aromatic ring is 1. The van der Waals surface area contributed by atoms with Crippen molar-refractivity contribution in [2.45, 2.75) is 6.92 Å². The molecule has 3 N–H and O–H groups in total. The second-order valence-electron chi connectivity index (χ2n) is 3.33. The number of anilines is 1. The van der Waals surface area contributed by atoms with Crippen LogP contribution in [0.2, 0.25) is 0 Å². The third-order valence-electron chi connectivity index (χ3n) is 1.99. The minimum Gasteiger partial charge on any atom is -0.398 e. The second-order valence-corrected chi connectivity index (χ2v) is 3.33. The highest BCUT2D eigenvalue weighted by atomic mass is 16.1. The number of hydrogen-bond acceptors (Lipinski definition) is 3. The maximum atomic E-state index is 11.6. The summed E-state index contributed by atoms with van der Waals surface area (Å²) in [4.78, 5) is 11.6. The van der Waals surface area contributed by atoms with E-state index >= 15 is 0 Å². The highest BCUT2D eigenvalue weighted by molar-refractivity contribution is 5.99. The summed E-state index contributed by atoms with van der Waals surface area (Å²) in [7, 11) is 0. The summed E-state index contributed by atoms with van der Waals surface area (Å²) in [6.07, 6.45) is 0. The summed E-state index contributed by atoms with van der Waals surface area (Å²) in [6.45, 7) is 2.08. The van der Waals surface area contributed by atoms with E-state index < -0.39 is 0 Å². The molecule has 0 radical (unpaired) electrons. The lowest BCUT2D eigenvalue weighted by Crippen LogP contribution is -2.28. The second kappa shape index (κ2) is 5.01. The van der Waals surface area contributed by atoms with Crippen LogP contribution in [0.25, 0.3) is 0 Å². The Bertz CT molecular complexity index is 395. The fourth-order valence-electron chi connectivity index (χ4n) is 1.09. The van der Waals surface area contributed by atoms with Crippen molar-refractivity contribution in [1.82, 2.24) is 5.32 Å². The molecule has 1 rings (SSSR count). The zero-order valence-corrected chi connectivity index (χ0v) is 8.53. The van der Waals surface area contributed by atoms with E-state index in [0.717, 1.165) is 0 Å². The van der Waals surface area contributed by atoms with Crippen molar-refractivity contribution in [1.29, 1.82) is 5.26 Å². The Kier molecular flexibility index (Phi) is 3.69. The maximum Gasteiger partial charge on any atom is 0.253 e. The number of para-hydroxylation sites is 1. The van der Waals surface area contributed by atoms with Crippen molar-refractivity contribution in [2.24, 2.45) is 5.92 Å². The lowest BCUT2D eigenvalue weighted by atomic mass is 10.1. The highest BCUT2D eigenvalue weighted by Crippen LogP contribution is 2.09. The van der Waals surface area contributed by atoms with Gasteiger partial charge in [-0.3, -0.25) is 4.79 Å². The van der Waals surface area contributed by atoms with E-state index in [0.29, 0.717) is 17.8 Å². The molecule has 1 amide bonds. The number of carbonyl (C=O) groups is 1. The number of nitrogens with one attached hydrogen (secondary N) is 1. The fourth-order valence-corrected chi connectivity index (χ4v) is 1.09. The lowest BCUT2D eigenvalue weighted by Gasteiger charge is -2.07. The molecule has 1 unspecified atom stereocenters. The lowest BCUT2D eigenvalue weighted by molar-refractivity contribution is 0.0951. The SMILES string of the molecule is CC(C#N)CNC(=O)c1ccccc1N. The van der Waals surface area contributed by atoms with Crippen LogP contribution in [0, 0.1) is 17.2 Å². The molecule has 0 aliphatic rings. The Hall–Kier alpha value is -2.02. The Morgan fingerprint density at radius 2 is 2.27 bits per heavy atom. The molecule has 0 fully saturated rings. The third-order valence-corrected chi connectivity index (χ3v) is 1.99. The first-order valence-electron chi connectivity index (χ1n) is 4.67. The van der Waals surface area contributed by atoms with Gasteiger partial charge in [-0.25, -0.2) is 0 Å². The van der Waals surface area contributed by atoms with Gasteiger partial charge in [-0.05, 0) is 19.1 Å². The molecule has 0 heterocycles. The summed E-state index contributed by atoms with van der Waals surface area (Å²) < 4.78 is 0. The molecule has 4 heteroatoms. The van der Waals surface area contributed by atoms with E-state index in [-0.39, 0.29) is 11.8 Å². The smallest absolute Gasteiger partial charge is 0.253 e. The summed E-state index contributed by atoms with van der Waals surface area (Å²) in [5, 5.41) is 11.2. The van der Waals surface area contributed by atoms with Crippen molar-refractivity contribution < 1.29 is 4.79 Å². The maximum absolute atomic E-state index is 11.6. The average molecular weight is 203 g/mol. The third kappa shape index (κ3) is 2.99. The van der Waals surface area contributed by atoms with Gasteiger partial charge in [0.05, 0.1) is 17.6 Å². The van der Waals surface area contributed by atoms with Gasteiger partial charge in [-0.2, -0.15) is 5.26 Å². The number of carbonyl (C=O) groups excluding carboxylic acids is 1. The van der Waals surface area contributed by atoms with Crippen LogP contribution in [-0.4, -0.2) is 12.5 Å². The Labute approximate surface area is 88.7 Å². The Morgan fingerprint density at radius 1 is 1.60 bits per heavy atom. The number of nitrogens with zero attached hydrogens (tertiary/aromatic N) is 1. The van der Waals surface area contributed by atoms with E-state index in [9.17, 15) is 4.79 Å². The first-order valence-corrected chi connectivity index (χ1v) is 4.67. The van der Waals surface area contributed by atoms with E-state index in [2.05, 4.69) is 5.32 Å². The molecule has 0 aliphatic heterocycles. The van der Waals surface area contributed by atoms with E-state index in [4.69, 9.17) is 11.0 Å². The van der Waals surface area contributed by atoms with Gasteiger partial charge in [0.1, 0.15) is 0 Å². The van der Waals surface area contributed by atoms with Gasteiger partial charge in [0, 0.05) is 12.2 Å². The van der Waals surface area contributed by atoms with E-state index in [1.165, 1.54) is 0 Å². The zero-order valence-electron chi connectivity index (χ0n) is 8.53. The van der Waals surface area contributed by atoms with Crippen LogP contribution in [0.5, 0.6) is 0 Å². The van der Waals surface area contributed by atoms with Crippen LogP contribution in [0.3, 0.4) is 0 Å². The predicted molar refractivity (Wildman–Crippen MR) is 58.0 cm³/mol. The van der Waals surface area contributed by atoms with Gasteiger partial charge in [0.25, 0.3) is 5.91 Å². The van der Waals surface area contributed by atoms with Gasteiger partial charge >= 0.3 is 0 Å². The molecule has 0 aromatic heterocycles. The Balaban J connectivity index is 2.63. The minimum atomic E-state index is -0.241. The molecule has 1 aromatic rings. The van der Waals surface area contributed by atoms with Crippen molar-refractivity contribution in [3.05, 3.63) is 29.8 Å². The standard InChI is InChI=1S/C11H13N3O/c1-8(6-12)7-14-11(15)9-4-2-3-5-10(9)13/h2-5,8H,7,13H2,1H3,(H,14,15). The normalized spacial score (nSPS) is 11.5.